The fourth-order valence-electron chi connectivity index (χ4n) is 2.26. The highest BCUT2D eigenvalue weighted by Gasteiger charge is 2.25. The molecule has 1 aliphatic heterocycles. The maximum atomic E-state index is 9.49. The zero-order chi connectivity index (χ0) is 12.3. The molecule has 1 heterocycles. The Balaban J connectivity index is 1.97. The summed E-state index contributed by atoms with van der Waals surface area (Å²) in [6, 6.07) is 0.298. The number of hydrogen-bond acceptors (Lipinski definition) is 4. The van der Waals surface area contributed by atoms with Gasteiger partial charge in [0, 0.05) is 5.70 Å². The van der Waals surface area contributed by atoms with Crippen LogP contribution in [0.4, 0.5) is 0 Å². The number of aliphatic hydroxyl groups excluding tert-OH is 1. The van der Waals surface area contributed by atoms with Crippen LogP contribution >= 0.6 is 0 Å². The second-order valence-corrected chi connectivity index (χ2v) is 4.64. The van der Waals surface area contributed by atoms with Gasteiger partial charge in [-0.2, -0.15) is 0 Å². The van der Waals surface area contributed by atoms with Gasteiger partial charge in [0.15, 0.2) is 0 Å². The summed E-state index contributed by atoms with van der Waals surface area (Å²) in [5.74, 6) is 0.418. The molecule has 0 saturated heterocycles. The van der Waals surface area contributed by atoms with E-state index in [0.717, 1.165) is 12.8 Å². The smallest absolute Gasteiger partial charge is 0.104 e. The highest BCUT2D eigenvalue weighted by molar-refractivity contribution is 5.42. The summed E-state index contributed by atoms with van der Waals surface area (Å²) in [5, 5.41) is 12.3. The Labute approximate surface area is 102 Å². The summed E-state index contributed by atoms with van der Waals surface area (Å²) in [6.45, 7) is 2.19. The maximum absolute atomic E-state index is 9.49. The van der Waals surface area contributed by atoms with E-state index in [0.29, 0.717) is 12.0 Å². The van der Waals surface area contributed by atoms with Crippen LogP contribution in [0.5, 0.6) is 0 Å². The topological polar surface area (TPSA) is 56.3 Å². The molecule has 3 atom stereocenters. The van der Waals surface area contributed by atoms with E-state index in [-0.39, 0.29) is 0 Å². The van der Waals surface area contributed by atoms with Crippen LogP contribution in [0.3, 0.4) is 0 Å². The normalized spacial score (nSPS) is 25.7. The number of hydrazine groups is 1. The van der Waals surface area contributed by atoms with Crippen molar-refractivity contribution in [3.8, 4) is 0 Å². The number of rotatable bonds is 5. The Hall–Kier alpha value is -1.10. The predicted molar refractivity (Wildman–Crippen MR) is 68.8 cm³/mol. The Kier molecular flexibility index (Phi) is 3.99. The lowest BCUT2D eigenvalue weighted by Crippen LogP contribution is -2.32. The molecule has 4 N–H and O–H groups in total. The summed E-state index contributed by atoms with van der Waals surface area (Å²) < 4.78 is 0. The largest absolute Gasteiger partial charge is 0.379 e. The molecule has 94 valence electrons. The average Bonchev–Trinajstić information content (AvgIpc) is 2.79. The van der Waals surface area contributed by atoms with E-state index in [2.05, 4.69) is 47.4 Å². The van der Waals surface area contributed by atoms with Gasteiger partial charge >= 0.3 is 0 Å². The molecule has 0 fully saturated rings. The maximum Gasteiger partial charge on any atom is 0.104 e. The van der Waals surface area contributed by atoms with Gasteiger partial charge in [-0.15, -0.1) is 0 Å². The van der Waals surface area contributed by atoms with E-state index in [1.807, 2.05) is 0 Å². The van der Waals surface area contributed by atoms with Crippen molar-refractivity contribution in [2.24, 2.45) is 5.92 Å². The summed E-state index contributed by atoms with van der Waals surface area (Å²) >= 11 is 0. The quantitative estimate of drug-likeness (QED) is 0.532. The molecule has 0 aromatic heterocycles. The highest BCUT2D eigenvalue weighted by Crippen LogP contribution is 2.26. The molecule has 0 saturated carbocycles. The molecular formula is C13H21N3O. The van der Waals surface area contributed by atoms with Crippen molar-refractivity contribution in [1.82, 2.24) is 16.2 Å². The number of aliphatic hydroxyl groups is 1. The molecule has 0 aromatic rings. The predicted octanol–water partition coefficient (Wildman–Crippen LogP) is 0.797. The zero-order valence-electron chi connectivity index (χ0n) is 10.4. The standard InChI is InChI=1S/C13H21N3O/c1-9(7-8-12(17)14-2)13-10-5-3-4-6-11(10)15-16-13/h3-6,9,11-12,14-17H,7-8H2,1-2H3. The number of fused-ring (bicyclic) bond motifs is 1. The van der Waals surface area contributed by atoms with E-state index in [1.54, 1.807) is 7.05 Å². The van der Waals surface area contributed by atoms with Crippen LogP contribution in [0, 0.1) is 5.92 Å². The molecule has 0 radical (unpaired) electrons. The third-order valence-electron chi connectivity index (χ3n) is 3.40. The third kappa shape index (κ3) is 2.77. The molecule has 0 aromatic carbocycles. The van der Waals surface area contributed by atoms with Gasteiger partial charge in [-0.25, -0.2) is 5.43 Å². The van der Waals surface area contributed by atoms with E-state index < -0.39 is 6.23 Å². The van der Waals surface area contributed by atoms with Crippen LogP contribution in [0.25, 0.3) is 0 Å². The molecule has 2 rings (SSSR count). The molecule has 3 unspecified atom stereocenters. The minimum atomic E-state index is -0.407. The first kappa shape index (κ1) is 12.4. The van der Waals surface area contributed by atoms with E-state index in [4.69, 9.17) is 0 Å². The van der Waals surface area contributed by atoms with E-state index >= 15 is 0 Å². The van der Waals surface area contributed by atoms with Crippen molar-refractivity contribution in [2.45, 2.75) is 32.0 Å². The molecular weight excluding hydrogens is 214 g/mol. The molecule has 0 amide bonds. The summed E-state index contributed by atoms with van der Waals surface area (Å²) in [6.07, 6.45) is 9.73. The Morgan fingerprint density at radius 3 is 3.00 bits per heavy atom. The first-order valence-corrected chi connectivity index (χ1v) is 6.18. The first-order valence-electron chi connectivity index (χ1n) is 6.18. The summed E-state index contributed by atoms with van der Waals surface area (Å²) in [7, 11) is 1.78. The molecule has 17 heavy (non-hydrogen) atoms. The van der Waals surface area contributed by atoms with Crippen molar-refractivity contribution in [1.29, 1.82) is 0 Å². The van der Waals surface area contributed by atoms with Gasteiger partial charge in [-0.05, 0) is 31.4 Å². The first-order chi connectivity index (χ1) is 8.22. The van der Waals surface area contributed by atoms with E-state index in [1.165, 1.54) is 11.3 Å². The monoisotopic (exact) mass is 235 g/mol. The Morgan fingerprint density at radius 2 is 2.24 bits per heavy atom. The van der Waals surface area contributed by atoms with Gasteiger partial charge in [0.2, 0.25) is 0 Å². The van der Waals surface area contributed by atoms with Crippen molar-refractivity contribution in [2.75, 3.05) is 7.05 Å². The minimum absolute atomic E-state index is 0.298. The van der Waals surface area contributed by atoms with Gasteiger partial charge < -0.3 is 10.5 Å². The molecule has 0 bridgehead atoms. The van der Waals surface area contributed by atoms with Crippen LogP contribution in [0.2, 0.25) is 0 Å². The van der Waals surface area contributed by atoms with Crippen LogP contribution < -0.4 is 16.2 Å². The van der Waals surface area contributed by atoms with Crippen molar-refractivity contribution < 1.29 is 5.11 Å². The van der Waals surface area contributed by atoms with Crippen LogP contribution in [0.15, 0.2) is 35.6 Å². The lowest BCUT2D eigenvalue weighted by molar-refractivity contribution is 0.130. The minimum Gasteiger partial charge on any atom is -0.379 e. The van der Waals surface area contributed by atoms with Crippen molar-refractivity contribution in [3.05, 3.63) is 35.6 Å². The molecule has 1 aliphatic carbocycles. The van der Waals surface area contributed by atoms with Gasteiger partial charge in [0.25, 0.3) is 0 Å². The summed E-state index contributed by atoms with van der Waals surface area (Å²) in [4.78, 5) is 0. The highest BCUT2D eigenvalue weighted by atomic mass is 16.3. The Bertz CT molecular complexity index is 360. The van der Waals surface area contributed by atoms with E-state index in [9.17, 15) is 5.11 Å². The van der Waals surface area contributed by atoms with Gasteiger partial charge in [-0.3, -0.25) is 5.32 Å². The molecule has 2 aliphatic rings. The SMILES string of the molecule is CNC(O)CCC(C)C1=C2C=CC=CC2NN1. The van der Waals surface area contributed by atoms with Gasteiger partial charge in [0.1, 0.15) is 6.23 Å². The number of hydrogen-bond donors (Lipinski definition) is 4. The van der Waals surface area contributed by atoms with Gasteiger partial charge in [-0.1, -0.05) is 31.2 Å². The van der Waals surface area contributed by atoms with Crippen LogP contribution in [-0.4, -0.2) is 24.4 Å². The molecule has 4 heteroatoms. The lowest BCUT2D eigenvalue weighted by atomic mass is 9.93. The zero-order valence-corrected chi connectivity index (χ0v) is 10.4. The van der Waals surface area contributed by atoms with Gasteiger partial charge in [0.05, 0.1) is 6.04 Å². The van der Waals surface area contributed by atoms with Crippen molar-refractivity contribution >= 4 is 0 Å². The van der Waals surface area contributed by atoms with Crippen molar-refractivity contribution in [3.63, 3.8) is 0 Å². The molecule has 0 spiro atoms. The number of nitrogens with one attached hydrogen (secondary N) is 3. The fraction of sp³-hybridized carbons (Fsp3) is 0.538. The third-order valence-corrected chi connectivity index (χ3v) is 3.40. The summed E-state index contributed by atoms with van der Waals surface area (Å²) in [5.41, 5.74) is 9.08. The number of allylic oxidation sites excluding steroid dienone is 3. The second kappa shape index (κ2) is 5.49. The van der Waals surface area contributed by atoms with Crippen LogP contribution in [-0.2, 0) is 0 Å². The Morgan fingerprint density at radius 1 is 1.41 bits per heavy atom. The molecule has 4 nitrogen and oxygen atoms in total. The fourth-order valence-corrected chi connectivity index (χ4v) is 2.26. The average molecular weight is 235 g/mol. The second-order valence-electron chi connectivity index (χ2n) is 4.64. The van der Waals surface area contributed by atoms with Crippen LogP contribution in [0.1, 0.15) is 19.8 Å². The lowest BCUT2D eigenvalue weighted by Gasteiger charge is -2.17.